The summed E-state index contributed by atoms with van der Waals surface area (Å²) in [6.45, 7) is 3.38. The largest absolute Gasteiger partial charge is 0.377 e. The Kier molecular flexibility index (Phi) is 3.66. The van der Waals surface area contributed by atoms with E-state index in [4.69, 9.17) is 4.74 Å². The summed E-state index contributed by atoms with van der Waals surface area (Å²) < 4.78 is 31.5. The maximum absolute atomic E-state index is 12.0. The molecule has 17 heavy (non-hydrogen) atoms. The molecule has 0 aliphatic carbocycles. The van der Waals surface area contributed by atoms with Crippen molar-refractivity contribution < 1.29 is 13.2 Å². The van der Waals surface area contributed by atoms with E-state index in [1.807, 2.05) is 6.07 Å². The highest BCUT2D eigenvalue weighted by molar-refractivity contribution is 7.89. The lowest BCUT2D eigenvalue weighted by atomic mass is 10.2. The van der Waals surface area contributed by atoms with E-state index in [2.05, 4.69) is 10.0 Å². The first-order valence-electron chi connectivity index (χ1n) is 5.56. The molecule has 1 heterocycles. The Hall–Kier alpha value is -1.11. The molecule has 0 bridgehead atoms. The first-order chi connectivity index (χ1) is 8.13. The van der Waals surface area contributed by atoms with Crippen LogP contribution < -0.4 is 10.0 Å². The average Bonchev–Trinajstić information content (AvgIpc) is 2.24. The van der Waals surface area contributed by atoms with Crippen molar-refractivity contribution in [1.82, 2.24) is 4.72 Å². The van der Waals surface area contributed by atoms with Gasteiger partial charge in [0.1, 0.15) is 4.90 Å². The highest BCUT2D eigenvalue weighted by atomic mass is 32.2. The zero-order chi connectivity index (χ0) is 12.3. The molecule has 1 aliphatic heterocycles. The van der Waals surface area contributed by atoms with Gasteiger partial charge in [-0.2, -0.15) is 0 Å². The highest BCUT2D eigenvalue weighted by Gasteiger charge is 2.22. The van der Waals surface area contributed by atoms with Crippen LogP contribution in [0.25, 0.3) is 0 Å². The number of anilines is 1. The van der Waals surface area contributed by atoms with E-state index in [0.717, 1.165) is 0 Å². The highest BCUT2D eigenvalue weighted by Crippen LogP contribution is 2.22. The molecule has 6 heteroatoms. The van der Waals surface area contributed by atoms with Crippen molar-refractivity contribution in [2.45, 2.75) is 17.9 Å². The van der Waals surface area contributed by atoms with E-state index in [1.165, 1.54) is 0 Å². The van der Waals surface area contributed by atoms with Crippen LogP contribution in [0.2, 0.25) is 0 Å². The summed E-state index contributed by atoms with van der Waals surface area (Å²) in [5.74, 6) is 0. The molecule has 0 radical (unpaired) electrons. The van der Waals surface area contributed by atoms with E-state index >= 15 is 0 Å². The molecule has 0 atom stereocenters. The number of rotatable bonds is 5. The summed E-state index contributed by atoms with van der Waals surface area (Å²) >= 11 is 0. The minimum Gasteiger partial charge on any atom is -0.377 e. The van der Waals surface area contributed by atoms with Crippen molar-refractivity contribution in [2.75, 3.05) is 25.1 Å². The Morgan fingerprint density at radius 1 is 1.35 bits per heavy atom. The molecule has 1 aromatic rings. The van der Waals surface area contributed by atoms with Crippen molar-refractivity contribution in [3.8, 4) is 0 Å². The molecule has 1 fully saturated rings. The van der Waals surface area contributed by atoms with Crippen LogP contribution in [-0.4, -0.2) is 34.2 Å². The van der Waals surface area contributed by atoms with Gasteiger partial charge in [0, 0.05) is 6.54 Å². The predicted octanol–water partition coefficient (Wildman–Crippen LogP) is 0.795. The van der Waals surface area contributed by atoms with Gasteiger partial charge in [-0.25, -0.2) is 13.1 Å². The second-order valence-electron chi connectivity index (χ2n) is 3.88. The summed E-state index contributed by atoms with van der Waals surface area (Å²) in [5, 5.41) is 3.17. The zero-order valence-electron chi connectivity index (χ0n) is 9.64. The molecule has 0 aromatic heterocycles. The summed E-state index contributed by atoms with van der Waals surface area (Å²) in [7, 11) is -3.42. The molecule has 1 saturated heterocycles. The van der Waals surface area contributed by atoms with Gasteiger partial charge >= 0.3 is 0 Å². The molecule has 1 aromatic carbocycles. The lowest BCUT2D eigenvalue weighted by molar-refractivity contribution is 0.0210. The van der Waals surface area contributed by atoms with Crippen molar-refractivity contribution in [3.63, 3.8) is 0 Å². The fraction of sp³-hybridized carbons (Fsp3) is 0.455. The fourth-order valence-electron chi connectivity index (χ4n) is 1.63. The van der Waals surface area contributed by atoms with Crippen LogP contribution in [0.1, 0.15) is 6.92 Å². The molecule has 1 aliphatic rings. The van der Waals surface area contributed by atoms with Crippen LogP contribution in [0.3, 0.4) is 0 Å². The van der Waals surface area contributed by atoms with Gasteiger partial charge in [-0.15, -0.1) is 0 Å². The zero-order valence-corrected chi connectivity index (χ0v) is 10.5. The van der Waals surface area contributed by atoms with Gasteiger partial charge in [0.2, 0.25) is 10.0 Å². The van der Waals surface area contributed by atoms with Crippen LogP contribution >= 0.6 is 0 Å². The first-order valence-corrected chi connectivity index (χ1v) is 7.05. The van der Waals surface area contributed by atoms with E-state index in [9.17, 15) is 8.42 Å². The van der Waals surface area contributed by atoms with Crippen LogP contribution in [-0.2, 0) is 14.8 Å². The smallest absolute Gasteiger partial charge is 0.242 e. The fourth-order valence-corrected chi connectivity index (χ4v) is 2.84. The Morgan fingerprint density at radius 2 is 2.06 bits per heavy atom. The maximum Gasteiger partial charge on any atom is 0.242 e. The number of hydrogen-bond acceptors (Lipinski definition) is 4. The number of para-hydroxylation sites is 1. The minimum absolute atomic E-state index is 0.202. The predicted molar refractivity (Wildman–Crippen MR) is 65.5 cm³/mol. The average molecular weight is 256 g/mol. The monoisotopic (exact) mass is 256 g/mol. The molecule has 2 N–H and O–H groups in total. The second kappa shape index (κ2) is 5.03. The SMILES string of the molecule is CCNS(=O)(=O)c1ccccc1NC1COC1. The van der Waals surface area contributed by atoms with Gasteiger partial charge in [0.15, 0.2) is 0 Å². The Balaban J connectivity index is 2.26. The van der Waals surface area contributed by atoms with Crippen molar-refractivity contribution in [2.24, 2.45) is 0 Å². The maximum atomic E-state index is 12.0. The second-order valence-corrected chi connectivity index (χ2v) is 5.61. The Morgan fingerprint density at radius 3 is 2.65 bits per heavy atom. The van der Waals surface area contributed by atoms with Crippen molar-refractivity contribution >= 4 is 15.7 Å². The number of nitrogens with one attached hydrogen (secondary N) is 2. The molecule has 0 saturated carbocycles. The van der Waals surface area contributed by atoms with E-state index in [-0.39, 0.29) is 10.9 Å². The molecular formula is C11H16N2O3S. The molecule has 5 nitrogen and oxygen atoms in total. The number of benzene rings is 1. The third kappa shape index (κ3) is 2.77. The van der Waals surface area contributed by atoms with Crippen LogP contribution in [0, 0.1) is 0 Å². The molecule has 94 valence electrons. The van der Waals surface area contributed by atoms with Gasteiger partial charge in [0.05, 0.1) is 24.9 Å². The van der Waals surface area contributed by atoms with Gasteiger partial charge < -0.3 is 10.1 Å². The third-order valence-electron chi connectivity index (χ3n) is 2.51. The van der Waals surface area contributed by atoms with Crippen LogP contribution in [0.4, 0.5) is 5.69 Å². The third-order valence-corrected chi connectivity index (χ3v) is 4.11. The van der Waals surface area contributed by atoms with Gasteiger partial charge in [-0.3, -0.25) is 0 Å². The number of ether oxygens (including phenoxy) is 1. The minimum atomic E-state index is -3.42. The van der Waals surface area contributed by atoms with E-state index in [0.29, 0.717) is 25.4 Å². The van der Waals surface area contributed by atoms with Crippen LogP contribution in [0.15, 0.2) is 29.2 Å². The summed E-state index contributed by atoms with van der Waals surface area (Å²) in [4.78, 5) is 0.286. The topological polar surface area (TPSA) is 67.4 Å². The summed E-state index contributed by atoms with van der Waals surface area (Å²) in [6, 6.07) is 7.09. The van der Waals surface area contributed by atoms with E-state index in [1.54, 1.807) is 25.1 Å². The molecule has 0 unspecified atom stereocenters. The van der Waals surface area contributed by atoms with Gasteiger partial charge in [-0.1, -0.05) is 19.1 Å². The first kappa shape index (κ1) is 12.3. The summed E-state index contributed by atoms with van der Waals surface area (Å²) in [5.41, 5.74) is 0.627. The lowest BCUT2D eigenvalue weighted by Gasteiger charge is -2.28. The molecule has 0 spiro atoms. The van der Waals surface area contributed by atoms with E-state index < -0.39 is 10.0 Å². The standard InChI is InChI=1S/C11H16N2O3S/c1-2-12-17(14,15)11-6-4-3-5-10(11)13-9-7-16-8-9/h3-6,9,12-13H,2,7-8H2,1H3. The number of hydrogen-bond donors (Lipinski definition) is 2. The van der Waals surface area contributed by atoms with Gasteiger partial charge in [-0.05, 0) is 12.1 Å². The molecule has 2 rings (SSSR count). The van der Waals surface area contributed by atoms with Crippen molar-refractivity contribution in [3.05, 3.63) is 24.3 Å². The number of sulfonamides is 1. The Bertz CT molecular complexity index is 483. The molecular weight excluding hydrogens is 240 g/mol. The van der Waals surface area contributed by atoms with Crippen LogP contribution in [0.5, 0.6) is 0 Å². The lowest BCUT2D eigenvalue weighted by Crippen LogP contribution is -2.40. The quantitative estimate of drug-likeness (QED) is 0.817. The van der Waals surface area contributed by atoms with Crippen molar-refractivity contribution in [1.29, 1.82) is 0 Å². The normalized spacial score (nSPS) is 16.5. The summed E-state index contributed by atoms with van der Waals surface area (Å²) in [6.07, 6.45) is 0. The Labute approximate surface area is 101 Å². The van der Waals surface area contributed by atoms with Gasteiger partial charge in [0.25, 0.3) is 0 Å². The molecule has 0 amide bonds.